The second kappa shape index (κ2) is 12.3. The molecule has 1 aliphatic carbocycles. The molecular formula is C51H32N2. The lowest BCUT2D eigenvalue weighted by molar-refractivity contribution is 0.768. The number of hydrogen-bond acceptors (Lipinski definition) is 2. The number of aromatic nitrogens is 1. The van der Waals surface area contributed by atoms with Gasteiger partial charge in [-0.3, -0.25) is 4.98 Å². The standard InChI is InChI=1S/C51H32N2/c52-33-34-25-27-40-41-28-26-37(32-47(41)51(46(40)30-34,38-16-3-1-4-17-38)39-18-5-2-6-19-39)50-44-22-9-7-20-42(44)49(43-21-8-10-23-45(43)50)36-15-13-14-35(31-36)48-24-11-12-29-53-48/h1-32H. The molecule has 1 aromatic heterocycles. The van der Waals surface area contributed by atoms with Gasteiger partial charge in [0, 0.05) is 11.8 Å². The first kappa shape index (κ1) is 30.7. The van der Waals surface area contributed by atoms with Gasteiger partial charge in [0.05, 0.1) is 22.7 Å². The van der Waals surface area contributed by atoms with E-state index in [1.807, 2.05) is 24.4 Å². The molecule has 0 N–H and O–H groups in total. The summed E-state index contributed by atoms with van der Waals surface area (Å²) in [4.78, 5) is 4.65. The van der Waals surface area contributed by atoms with Crippen LogP contribution in [-0.4, -0.2) is 4.98 Å². The van der Waals surface area contributed by atoms with Crippen LogP contribution in [0.1, 0.15) is 27.8 Å². The van der Waals surface area contributed by atoms with E-state index < -0.39 is 5.41 Å². The fraction of sp³-hybridized carbons (Fsp3) is 0.0196. The maximum atomic E-state index is 10.1. The maximum Gasteiger partial charge on any atom is 0.0991 e. The minimum Gasteiger partial charge on any atom is -0.256 e. The monoisotopic (exact) mass is 672 g/mol. The quantitative estimate of drug-likeness (QED) is 0.171. The average Bonchev–Trinajstić information content (AvgIpc) is 3.53. The van der Waals surface area contributed by atoms with Crippen molar-refractivity contribution in [1.29, 1.82) is 5.26 Å². The molecule has 1 heterocycles. The van der Waals surface area contributed by atoms with Gasteiger partial charge in [0.15, 0.2) is 0 Å². The largest absolute Gasteiger partial charge is 0.256 e. The van der Waals surface area contributed by atoms with Gasteiger partial charge in [-0.25, -0.2) is 0 Å². The van der Waals surface area contributed by atoms with Crippen molar-refractivity contribution < 1.29 is 0 Å². The summed E-state index contributed by atoms with van der Waals surface area (Å²) >= 11 is 0. The van der Waals surface area contributed by atoms with Gasteiger partial charge >= 0.3 is 0 Å². The van der Waals surface area contributed by atoms with Crippen LogP contribution in [0.3, 0.4) is 0 Å². The Morgan fingerprint density at radius 2 is 0.925 bits per heavy atom. The molecule has 0 unspecified atom stereocenters. The van der Waals surface area contributed by atoms with Crippen molar-refractivity contribution in [3.05, 3.63) is 222 Å². The van der Waals surface area contributed by atoms with Gasteiger partial charge in [-0.1, -0.05) is 152 Å². The Labute approximate surface area is 308 Å². The van der Waals surface area contributed by atoms with Crippen LogP contribution >= 0.6 is 0 Å². The van der Waals surface area contributed by atoms with Crippen LogP contribution in [-0.2, 0) is 5.41 Å². The van der Waals surface area contributed by atoms with Crippen molar-refractivity contribution in [1.82, 2.24) is 4.98 Å². The van der Waals surface area contributed by atoms with E-state index in [0.29, 0.717) is 5.56 Å². The van der Waals surface area contributed by atoms with E-state index in [9.17, 15) is 5.26 Å². The third kappa shape index (κ3) is 4.68. The summed E-state index contributed by atoms with van der Waals surface area (Å²) < 4.78 is 0. The van der Waals surface area contributed by atoms with E-state index >= 15 is 0 Å². The van der Waals surface area contributed by atoms with Gasteiger partial charge in [-0.05, 0) is 114 Å². The van der Waals surface area contributed by atoms with Crippen molar-refractivity contribution in [2.75, 3.05) is 0 Å². The lowest BCUT2D eigenvalue weighted by Crippen LogP contribution is -2.28. The van der Waals surface area contributed by atoms with Crippen LogP contribution in [0, 0.1) is 11.3 Å². The van der Waals surface area contributed by atoms with Crippen LogP contribution in [0.5, 0.6) is 0 Å². The Morgan fingerprint density at radius 1 is 0.415 bits per heavy atom. The molecule has 8 aromatic carbocycles. The van der Waals surface area contributed by atoms with E-state index in [1.54, 1.807) is 0 Å². The summed E-state index contributed by atoms with van der Waals surface area (Å²) in [6, 6.07) is 69.7. The molecular weight excluding hydrogens is 641 g/mol. The molecule has 0 fully saturated rings. The van der Waals surface area contributed by atoms with Crippen molar-refractivity contribution in [2.24, 2.45) is 0 Å². The molecule has 0 saturated carbocycles. The van der Waals surface area contributed by atoms with Crippen molar-refractivity contribution in [3.8, 4) is 50.7 Å². The number of benzene rings is 8. The van der Waals surface area contributed by atoms with Gasteiger partial charge in [0.1, 0.15) is 0 Å². The SMILES string of the molecule is N#Cc1ccc2c(c1)C(c1ccccc1)(c1ccccc1)c1cc(-c3c4ccccc4c(-c4cccc(-c5ccccn5)c4)c4ccccc34)ccc1-2. The molecule has 0 spiro atoms. The van der Waals surface area contributed by atoms with Crippen LogP contribution < -0.4 is 0 Å². The highest BCUT2D eigenvalue weighted by atomic mass is 14.7. The minimum absolute atomic E-state index is 0.618. The molecule has 53 heavy (non-hydrogen) atoms. The summed E-state index contributed by atoms with van der Waals surface area (Å²) in [6.07, 6.45) is 1.85. The average molecular weight is 673 g/mol. The number of hydrogen-bond donors (Lipinski definition) is 0. The number of pyridine rings is 1. The summed E-state index contributed by atoms with van der Waals surface area (Å²) in [5.74, 6) is 0. The first-order valence-corrected chi connectivity index (χ1v) is 18.0. The Kier molecular flexibility index (Phi) is 7.13. The molecule has 0 bridgehead atoms. The van der Waals surface area contributed by atoms with Crippen LogP contribution in [0.4, 0.5) is 0 Å². The predicted molar refractivity (Wildman–Crippen MR) is 218 cm³/mol. The molecule has 2 heteroatoms. The summed E-state index contributed by atoms with van der Waals surface area (Å²) in [6.45, 7) is 0. The first-order chi connectivity index (χ1) is 26.3. The fourth-order valence-electron chi connectivity index (χ4n) is 8.83. The van der Waals surface area contributed by atoms with E-state index in [-0.39, 0.29) is 0 Å². The first-order valence-electron chi connectivity index (χ1n) is 18.0. The van der Waals surface area contributed by atoms with Gasteiger partial charge in [0.2, 0.25) is 0 Å². The number of rotatable bonds is 5. The third-order valence-corrected chi connectivity index (χ3v) is 11.0. The lowest BCUT2D eigenvalue weighted by atomic mass is 9.67. The van der Waals surface area contributed by atoms with E-state index in [1.165, 1.54) is 54.9 Å². The van der Waals surface area contributed by atoms with Crippen molar-refractivity contribution in [2.45, 2.75) is 5.41 Å². The summed E-state index contributed by atoms with van der Waals surface area (Å²) in [5.41, 5.74) is 13.9. The molecule has 1 aliphatic rings. The van der Waals surface area contributed by atoms with E-state index in [0.717, 1.165) is 33.5 Å². The molecule has 246 valence electrons. The van der Waals surface area contributed by atoms with Gasteiger partial charge in [0.25, 0.3) is 0 Å². The second-order valence-corrected chi connectivity index (χ2v) is 13.8. The summed E-state index contributed by atoms with van der Waals surface area (Å²) in [7, 11) is 0. The van der Waals surface area contributed by atoms with Gasteiger partial charge in [-0.15, -0.1) is 0 Å². The zero-order valence-electron chi connectivity index (χ0n) is 28.9. The highest BCUT2D eigenvalue weighted by Crippen LogP contribution is 2.57. The maximum absolute atomic E-state index is 10.1. The van der Waals surface area contributed by atoms with Crippen LogP contribution in [0.25, 0.3) is 66.2 Å². The van der Waals surface area contributed by atoms with E-state index in [2.05, 4.69) is 181 Å². The Bertz CT molecular complexity index is 2790. The molecule has 2 nitrogen and oxygen atoms in total. The van der Waals surface area contributed by atoms with Crippen LogP contribution in [0.2, 0.25) is 0 Å². The molecule has 0 saturated heterocycles. The Morgan fingerprint density at radius 3 is 1.49 bits per heavy atom. The zero-order valence-corrected chi connectivity index (χ0v) is 28.9. The molecule has 10 rings (SSSR count). The fourth-order valence-corrected chi connectivity index (χ4v) is 8.83. The highest BCUT2D eigenvalue weighted by Gasteiger charge is 2.46. The topological polar surface area (TPSA) is 36.7 Å². The Hall–Kier alpha value is -7.08. The minimum atomic E-state index is -0.618. The smallest absolute Gasteiger partial charge is 0.0991 e. The number of nitrogens with zero attached hydrogens (tertiary/aromatic N) is 2. The van der Waals surface area contributed by atoms with Crippen LogP contribution in [0.15, 0.2) is 194 Å². The predicted octanol–water partition coefficient (Wildman–Crippen LogP) is 12.6. The Balaban J connectivity index is 1.28. The molecule has 0 radical (unpaired) electrons. The van der Waals surface area contributed by atoms with Crippen molar-refractivity contribution >= 4 is 21.5 Å². The zero-order chi connectivity index (χ0) is 35.4. The summed E-state index contributed by atoms with van der Waals surface area (Å²) in [5, 5.41) is 14.9. The molecule has 0 amide bonds. The number of nitriles is 1. The second-order valence-electron chi connectivity index (χ2n) is 13.8. The number of fused-ring (bicyclic) bond motifs is 5. The van der Waals surface area contributed by atoms with Gasteiger partial charge in [-0.2, -0.15) is 5.26 Å². The molecule has 0 aliphatic heterocycles. The van der Waals surface area contributed by atoms with E-state index in [4.69, 9.17) is 0 Å². The van der Waals surface area contributed by atoms with Gasteiger partial charge < -0.3 is 0 Å². The van der Waals surface area contributed by atoms with Crippen molar-refractivity contribution in [3.63, 3.8) is 0 Å². The lowest BCUT2D eigenvalue weighted by Gasteiger charge is -2.34. The normalized spacial score (nSPS) is 12.7. The third-order valence-electron chi connectivity index (χ3n) is 11.0. The highest BCUT2D eigenvalue weighted by molar-refractivity contribution is 6.21. The molecule has 0 atom stereocenters. The molecule has 9 aromatic rings.